The zero-order valence-electron chi connectivity index (χ0n) is 12.6. The van der Waals surface area contributed by atoms with Gasteiger partial charge in [0.15, 0.2) is 0 Å². The first-order chi connectivity index (χ1) is 9.01. The molecular weight excluding hydrogens is 306 g/mol. The molecule has 110 valence electrons. The first-order valence-corrected chi connectivity index (χ1v) is 7.75. The van der Waals surface area contributed by atoms with E-state index in [1.165, 1.54) is 5.69 Å². The molecule has 2 unspecified atom stereocenters. The second kappa shape index (κ2) is 8.02. The number of hydrogen-bond donors (Lipinski definition) is 1. The topological polar surface area (TPSA) is 39.1 Å². The third kappa shape index (κ3) is 4.58. The maximum absolute atomic E-state index is 5.25. The van der Waals surface area contributed by atoms with E-state index < -0.39 is 0 Å². The van der Waals surface area contributed by atoms with E-state index in [9.17, 15) is 0 Å². The Kier molecular flexibility index (Phi) is 7.04. The number of hydrogen-bond acceptors (Lipinski definition) is 3. The normalized spacial score (nSPS) is 14.9. The standard InChI is InChI=1S/C14H26BrN3O/c1-6-16-13(7-11(4)9-19-5)14-12(15)8-17-18(14)10(2)3/h8,10-11,13,16H,6-7,9H2,1-5H3. The highest BCUT2D eigenvalue weighted by Crippen LogP contribution is 2.30. The third-order valence-corrected chi connectivity index (χ3v) is 3.76. The summed E-state index contributed by atoms with van der Waals surface area (Å²) in [6, 6.07) is 0.662. The van der Waals surface area contributed by atoms with Gasteiger partial charge in [-0.05, 0) is 48.7 Å². The lowest BCUT2D eigenvalue weighted by Gasteiger charge is -2.24. The fraction of sp³-hybridized carbons (Fsp3) is 0.786. The van der Waals surface area contributed by atoms with Crippen LogP contribution >= 0.6 is 15.9 Å². The lowest BCUT2D eigenvalue weighted by Crippen LogP contribution is -2.27. The van der Waals surface area contributed by atoms with Crippen molar-refractivity contribution in [3.63, 3.8) is 0 Å². The summed E-state index contributed by atoms with van der Waals surface area (Å²) >= 11 is 3.63. The number of nitrogens with one attached hydrogen (secondary N) is 1. The second-order valence-electron chi connectivity index (χ2n) is 5.32. The Hall–Kier alpha value is -0.390. The second-order valence-corrected chi connectivity index (χ2v) is 6.18. The molecule has 0 aliphatic heterocycles. The number of aromatic nitrogens is 2. The van der Waals surface area contributed by atoms with Crippen LogP contribution in [0.4, 0.5) is 0 Å². The van der Waals surface area contributed by atoms with Crippen molar-refractivity contribution in [3.05, 3.63) is 16.4 Å². The average molecular weight is 332 g/mol. The molecule has 0 saturated heterocycles. The zero-order chi connectivity index (χ0) is 14.4. The van der Waals surface area contributed by atoms with Crippen LogP contribution in [0.5, 0.6) is 0 Å². The molecule has 2 atom stereocenters. The summed E-state index contributed by atoms with van der Waals surface area (Å²) in [7, 11) is 1.76. The van der Waals surface area contributed by atoms with Gasteiger partial charge < -0.3 is 10.1 Å². The number of ether oxygens (including phenoxy) is 1. The van der Waals surface area contributed by atoms with E-state index in [1.807, 2.05) is 6.20 Å². The van der Waals surface area contributed by atoms with E-state index in [0.29, 0.717) is 18.0 Å². The van der Waals surface area contributed by atoms with Crippen molar-refractivity contribution in [1.82, 2.24) is 15.1 Å². The van der Waals surface area contributed by atoms with Gasteiger partial charge in [-0.25, -0.2) is 0 Å². The lowest BCUT2D eigenvalue weighted by atomic mass is 9.99. The van der Waals surface area contributed by atoms with Crippen molar-refractivity contribution >= 4 is 15.9 Å². The van der Waals surface area contributed by atoms with Crippen LogP contribution in [0.15, 0.2) is 10.7 Å². The molecule has 0 aliphatic rings. The first-order valence-electron chi connectivity index (χ1n) is 6.96. The van der Waals surface area contributed by atoms with Crippen molar-refractivity contribution in [1.29, 1.82) is 0 Å². The molecule has 0 bridgehead atoms. The van der Waals surface area contributed by atoms with Crippen molar-refractivity contribution in [2.75, 3.05) is 20.3 Å². The van der Waals surface area contributed by atoms with E-state index in [1.54, 1.807) is 7.11 Å². The molecule has 0 saturated carbocycles. The van der Waals surface area contributed by atoms with Gasteiger partial charge >= 0.3 is 0 Å². The maximum atomic E-state index is 5.25. The predicted octanol–water partition coefficient (Wildman–Crippen LogP) is 3.55. The van der Waals surface area contributed by atoms with Crippen molar-refractivity contribution in [2.45, 2.75) is 46.2 Å². The molecule has 0 amide bonds. The van der Waals surface area contributed by atoms with Gasteiger partial charge in [-0.1, -0.05) is 13.8 Å². The first kappa shape index (κ1) is 16.7. The van der Waals surface area contributed by atoms with Gasteiger partial charge in [0.1, 0.15) is 0 Å². The van der Waals surface area contributed by atoms with Crippen molar-refractivity contribution < 1.29 is 4.74 Å². The van der Waals surface area contributed by atoms with Crippen LogP contribution < -0.4 is 5.32 Å². The fourth-order valence-electron chi connectivity index (χ4n) is 2.38. The molecule has 0 aliphatic carbocycles. The Morgan fingerprint density at radius 1 is 1.42 bits per heavy atom. The van der Waals surface area contributed by atoms with Gasteiger partial charge in [0, 0.05) is 19.8 Å². The summed E-state index contributed by atoms with van der Waals surface area (Å²) in [5.41, 5.74) is 1.24. The molecule has 5 heteroatoms. The molecule has 0 aromatic carbocycles. The molecule has 4 nitrogen and oxygen atoms in total. The van der Waals surface area contributed by atoms with Crippen LogP contribution in [-0.2, 0) is 4.74 Å². The van der Waals surface area contributed by atoms with Crippen LogP contribution in [0.2, 0.25) is 0 Å². The molecule has 0 fully saturated rings. The highest BCUT2D eigenvalue weighted by atomic mass is 79.9. The number of nitrogens with zero attached hydrogens (tertiary/aromatic N) is 2. The molecule has 19 heavy (non-hydrogen) atoms. The third-order valence-electron chi connectivity index (χ3n) is 3.15. The van der Waals surface area contributed by atoms with E-state index in [-0.39, 0.29) is 0 Å². The van der Waals surface area contributed by atoms with Crippen LogP contribution in [0.3, 0.4) is 0 Å². The van der Waals surface area contributed by atoms with Crippen LogP contribution in [0, 0.1) is 5.92 Å². The summed E-state index contributed by atoms with van der Waals surface area (Å²) in [5, 5.41) is 8.03. The van der Waals surface area contributed by atoms with Crippen molar-refractivity contribution in [2.24, 2.45) is 5.92 Å². The zero-order valence-corrected chi connectivity index (χ0v) is 14.2. The molecular formula is C14H26BrN3O. The Bertz CT molecular complexity index is 379. The van der Waals surface area contributed by atoms with Crippen LogP contribution in [-0.4, -0.2) is 30.0 Å². The Labute approximate surface area is 125 Å². The van der Waals surface area contributed by atoms with E-state index in [2.05, 4.69) is 58.7 Å². The van der Waals surface area contributed by atoms with E-state index >= 15 is 0 Å². The number of halogens is 1. The van der Waals surface area contributed by atoms with E-state index in [0.717, 1.165) is 24.0 Å². The monoisotopic (exact) mass is 331 g/mol. The van der Waals surface area contributed by atoms with E-state index in [4.69, 9.17) is 4.74 Å². The molecule has 0 radical (unpaired) electrons. The summed E-state index contributed by atoms with van der Waals surface area (Å²) in [4.78, 5) is 0. The molecule has 0 spiro atoms. The van der Waals surface area contributed by atoms with Gasteiger partial charge in [0.2, 0.25) is 0 Å². The minimum Gasteiger partial charge on any atom is -0.384 e. The molecule has 1 N–H and O–H groups in total. The Morgan fingerprint density at radius 2 is 2.11 bits per heavy atom. The number of methoxy groups -OCH3 is 1. The van der Waals surface area contributed by atoms with Gasteiger partial charge in [-0.3, -0.25) is 4.68 Å². The summed E-state index contributed by atoms with van der Waals surface area (Å²) in [5.74, 6) is 0.511. The summed E-state index contributed by atoms with van der Waals surface area (Å²) in [6.07, 6.45) is 2.93. The SMILES string of the molecule is CCNC(CC(C)COC)c1c(Br)cnn1C(C)C. The van der Waals surface area contributed by atoms with Gasteiger partial charge in [-0.2, -0.15) is 5.10 Å². The summed E-state index contributed by atoms with van der Waals surface area (Å²) in [6.45, 7) is 10.4. The highest BCUT2D eigenvalue weighted by molar-refractivity contribution is 9.10. The maximum Gasteiger partial charge on any atom is 0.0698 e. The fourth-order valence-corrected chi connectivity index (χ4v) is 2.93. The molecule has 1 rings (SSSR count). The minimum atomic E-state index is 0.300. The summed E-state index contributed by atoms with van der Waals surface area (Å²) < 4.78 is 8.42. The lowest BCUT2D eigenvalue weighted by molar-refractivity contribution is 0.148. The number of rotatable bonds is 8. The molecule has 1 heterocycles. The highest BCUT2D eigenvalue weighted by Gasteiger charge is 2.22. The van der Waals surface area contributed by atoms with Crippen molar-refractivity contribution in [3.8, 4) is 0 Å². The molecule has 1 aromatic rings. The minimum absolute atomic E-state index is 0.300. The largest absolute Gasteiger partial charge is 0.384 e. The predicted molar refractivity (Wildman–Crippen MR) is 82.4 cm³/mol. The van der Waals surface area contributed by atoms with Gasteiger partial charge in [0.25, 0.3) is 0 Å². The van der Waals surface area contributed by atoms with Crippen LogP contribution in [0.25, 0.3) is 0 Å². The molecule has 1 aromatic heterocycles. The Morgan fingerprint density at radius 3 is 2.63 bits per heavy atom. The van der Waals surface area contributed by atoms with Gasteiger partial charge in [-0.15, -0.1) is 0 Å². The van der Waals surface area contributed by atoms with Crippen LogP contribution in [0.1, 0.15) is 51.9 Å². The quantitative estimate of drug-likeness (QED) is 0.791. The van der Waals surface area contributed by atoms with Gasteiger partial charge in [0.05, 0.1) is 22.4 Å². The smallest absolute Gasteiger partial charge is 0.0698 e. The Balaban J connectivity index is 2.94. The average Bonchev–Trinajstić information content (AvgIpc) is 2.71.